The minimum atomic E-state index is -1.61. The second kappa shape index (κ2) is 6.58. The monoisotopic (exact) mass is 315 g/mol. The van der Waals surface area contributed by atoms with E-state index in [9.17, 15) is 13.6 Å². The van der Waals surface area contributed by atoms with Crippen LogP contribution in [0.3, 0.4) is 0 Å². The van der Waals surface area contributed by atoms with Gasteiger partial charge in [-0.1, -0.05) is 0 Å². The molecule has 0 radical (unpaired) electrons. The van der Waals surface area contributed by atoms with Crippen LogP contribution in [0.4, 0.5) is 14.5 Å². The molecular formula is C15H19F2NO4. The fraction of sp³-hybridized carbons (Fsp3) is 0.533. The van der Waals surface area contributed by atoms with Crippen LogP contribution >= 0.6 is 0 Å². The molecule has 0 spiro atoms. The van der Waals surface area contributed by atoms with Gasteiger partial charge in [0.1, 0.15) is 5.82 Å². The Morgan fingerprint density at radius 3 is 2.36 bits per heavy atom. The molecule has 1 fully saturated rings. The summed E-state index contributed by atoms with van der Waals surface area (Å²) in [5.41, 5.74) is -1.45. The second-order valence-corrected chi connectivity index (χ2v) is 5.30. The lowest BCUT2D eigenvalue weighted by atomic mass is 9.92. The first kappa shape index (κ1) is 16.6. The molecule has 1 aromatic carbocycles. The molecule has 1 heterocycles. The Morgan fingerprint density at radius 2 is 1.91 bits per heavy atom. The van der Waals surface area contributed by atoms with Crippen LogP contribution in [0.25, 0.3) is 0 Å². The number of carbonyl (C=O) groups is 1. The van der Waals surface area contributed by atoms with E-state index in [1.807, 2.05) is 0 Å². The van der Waals surface area contributed by atoms with E-state index >= 15 is 0 Å². The maximum absolute atomic E-state index is 14.7. The van der Waals surface area contributed by atoms with Crippen molar-refractivity contribution in [1.82, 2.24) is 0 Å². The van der Waals surface area contributed by atoms with Crippen LogP contribution in [-0.4, -0.2) is 50.3 Å². The van der Waals surface area contributed by atoms with Gasteiger partial charge in [0, 0.05) is 40.2 Å². The third-order valence-corrected chi connectivity index (χ3v) is 3.98. The highest BCUT2D eigenvalue weighted by Gasteiger charge is 2.43. The Balaban J connectivity index is 2.10. The molecular weight excluding hydrogens is 296 g/mol. The molecule has 1 aromatic rings. The number of nitrogens with zero attached hydrogens (tertiary/aromatic N) is 1. The van der Waals surface area contributed by atoms with E-state index in [1.165, 1.54) is 26.4 Å². The standard InChI is InChI=1S/C15H19F2NO4/c1-21-14(22-2)15(17)5-7-18(8-6-15)12-4-3-10(13(19)20)9-11(12)16/h3-4,9,14H,5-8H2,1-2H3,(H,19,20). The SMILES string of the molecule is COC(OC)C1(F)CCN(c2ccc(C(=O)O)cc2F)CC1. The van der Waals surface area contributed by atoms with Crippen LogP contribution in [-0.2, 0) is 9.47 Å². The zero-order valence-electron chi connectivity index (χ0n) is 12.5. The number of ether oxygens (including phenoxy) is 2. The van der Waals surface area contributed by atoms with Crippen molar-refractivity contribution in [3.8, 4) is 0 Å². The topological polar surface area (TPSA) is 59.0 Å². The molecule has 0 amide bonds. The third kappa shape index (κ3) is 3.20. The molecule has 0 saturated carbocycles. The fourth-order valence-electron chi connectivity index (χ4n) is 2.77. The van der Waals surface area contributed by atoms with Gasteiger partial charge in [-0.2, -0.15) is 0 Å². The first-order valence-electron chi connectivity index (χ1n) is 6.93. The summed E-state index contributed by atoms with van der Waals surface area (Å²) in [6.45, 7) is 0.589. The number of hydrogen-bond acceptors (Lipinski definition) is 4. The van der Waals surface area contributed by atoms with E-state index in [0.29, 0.717) is 13.1 Å². The molecule has 0 unspecified atom stereocenters. The number of methoxy groups -OCH3 is 2. The second-order valence-electron chi connectivity index (χ2n) is 5.30. The van der Waals surface area contributed by atoms with Crippen LogP contribution in [0.2, 0.25) is 0 Å². The van der Waals surface area contributed by atoms with Crippen molar-refractivity contribution in [2.24, 2.45) is 0 Å². The molecule has 1 N–H and O–H groups in total. The summed E-state index contributed by atoms with van der Waals surface area (Å²) in [6, 6.07) is 3.72. The highest BCUT2D eigenvalue weighted by atomic mass is 19.1. The minimum Gasteiger partial charge on any atom is -0.478 e. The summed E-state index contributed by atoms with van der Waals surface area (Å²) in [5.74, 6) is -1.81. The zero-order valence-corrected chi connectivity index (χ0v) is 12.5. The van der Waals surface area contributed by atoms with Crippen molar-refractivity contribution in [1.29, 1.82) is 0 Å². The van der Waals surface area contributed by atoms with E-state index in [-0.39, 0.29) is 24.1 Å². The van der Waals surface area contributed by atoms with Crippen LogP contribution < -0.4 is 4.90 Å². The van der Waals surface area contributed by atoms with Crippen molar-refractivity contribution in [3.05, 3.63) is 29.6 Å². The largest absolute Gasteiger partial charge is 0.478 e. The molecule has 2 rings (SSSR count). The average Bonchev–Trinajstić information content (AvgIpc) is 2.49. The maximum atomic E-state index is 14.7. The first-order valence-corrected chi connectivity index (χ1v) is 6.93. The van der Waals surface area contributed by atoms with E-state index in [4.69, 9.17) is 14.6 Å². The third-order valence-electron chi connectivity index (χ3n) is 3.98. The van der Waals surface area contributed by atoms with Crippen LogP contribution in [0.15, 0.2) is 18.2 Å². The van der Waals surface area contributed by atoms with Gasteiger partial charge in [-0.3, -0.25) is 0 Å². The van der Waals surface area contributed by atoms with Gasteiger partial charge in [-0.05, 0) is 18.2 Å². The molecule has 22 heavy (non-hydrogen) atoms. The van der Waals surface area contributed by atoms with E-state index in [1.54, 1.807) is 4.90 Å². The number of aromatic carboxylic acids is 1. The Labute approximate surface area is 127 Å². The van der Waals surface area contributed by atoms with E-state index in [0.717, 1.165) is 6.07 Å². The zero-order chi connectivity index (χ0) is 16.3. The van der Waals surface area contributed by atoms with Crippen LogP contribution in [0.5, 0.6) is 0 Å². The lowest BCUT2D eigenvalue weighted by molar-refractivity contribution is -0.192. The molecule has 1 aliphatic heterocycles. The number of benzene rings is 1. The summed E-state index contributed by atoms with van der Waals surface area (Å²) in [7, 11) is 2.76. The van der Waals surface area contributed by atoms with Crippen LogP contribution in [0, 0.1) is 5.82 Å². The van der Waals surface area contributed by atoms with Crippen molar-refractivity contribution >= 4 is 11.7 Å². The number of piperidine rings is 1. The van der Waals surface area contributed by atoms with Gasteiger partial charge in [0.15, 0.2) is 12.0 Å². The molecule has 7 heteroatoms. The minimum absolute atomic E-state index is 0.114. The fourth-order valence-corrected chi connectivity index (χ4v) is 2.77. The lowest BCUT2D eigenvalue weighted by Crippen LogP contribution is -2.50. The quantitative estimate of drug-likeness (QED) is 0.846. The molecule has 0 atom stereocenters. The lowest BCUT2D eigenvalue weighted by Gasteiger charge is -2.40. The van der Waals surface area contributed by atoms with Gasteiger partial charge in [-0.15, -0.1) is 0 Å². The summed E-state index contributed by atoms with van der Waals surface area (Å²) in [5, 5.41) is 8.84. The first-order chi connectivity index (χ1) is 10.4. The van der Waals surface area contributed by atoms with Gasteiger partial charge in [0.05, 0.1) is 11.3 Å². The number of hydrogen-bond donors (Lipinski definition) is 1. The van der Waals surface area contributed by atoms with Gasteiger partial charge in [0.25, 0.3) is 0 Å². The number of carboxylic acids is 1. The number of anilines is 1. The average molecular weight is 315 g/mol. The summed E-state index contributed by atoms with van der Waals surface area (Å²) in [6.07, 6.45) is -0.673. The van der Waals surface area contributed by atoms with Crippen molar-refractivity contribution in [3.63, 3.8) is 0 Å². The maximum Gasteiger partial charge on any atom is 0.335 e. The molecule has 122 valence electrons. The Hall–Kier alpha value is -1.73. The Morgan fingerprint density at radius 1 is 1.32 bits per heavy atom. The molecule has 0 aliphatic carbocycles. The summed E-state index contributed by atoms with van der Waals surface area (Å²) >= 11 is 0. The van der Waals surface area contributed by atoms with Crippen molar-refractivity contribution < 1.29 is 28.2 Å². The number of alkyl halides is 1. The number of carboxylic acid groups (broad SMARTS) is 1. The molecule has 1 aliphatic rings. The molecule has 0 bridgehead atoms. The van der Waals surface area contributed by atoms with Crippen molar-refractivity contribution in [2.75, 3.05) is 32.2 Å². The van der Waals surface area contributed by atoms with Gasteiger partial charge < -0.3 is 19.5 Å². The molecule has 1 saturated heterocycles. The van der Waals surface area contributed by atoms with Crippen LogP contribution in [0.1, 0.15) is 23.2 Å². The normalized spacial score (nSPS) is 17.8. The number of halogens is 2. The van der Waals surface area contributed by atoms with Crippen molar-refractivity contribution in [2.45, 2.75) is 24.8 Å². The Kier molecular flexibility index (Phi) is 4.97. The molecule has 5 nitrogen and oxygen atoms in total. The Bertz CT molecular complexity index is 540. The predicted molar refractivity (Wildman–Crippen MR) is 76.5 cm³/mol. The number of rotatable bonds is 5. The summed E-state index contributed by atoms with van der Waals surface area (Å²) < 4.78 is 38.8. The van der Waals surface area contributed by atoms with E-state index in [2.05, 4.69) is 0 Å². The predicted octanol–water partition coefficient (Wildman–Crippen LogP) is 2.45. The highest BCUT2D eigenvalue weighted by Crippen LogP contribution is 2.34. The van der Waals surface area contributed by atoms with Gasteiger partial charge in [-0.25, -0.2) is 13.6 Å². The highest BCUT2D eigenvalue weighted by molar-refractivity contribution is 5.88. The van der Waals surface area contributed by atoms with E-state index < -0.39 is 23.7 Å². The smallest absolute Gasteiger partial charge is 0.335 e. The van der Waals surface area contributed by atoms with Gasteiger partial charge >= 0.3 is 5.97 Å². The van der Waals surface area contributed by atoms with Gasteiger partial charge in [0.2, 0.25) is 0 Å². The summed E-state index contributed by atoms with van der Waals surface area (Å²) in [4.78, 5) is 12.5. The molecule has 0 aromatic heterocycles.